The van der Waals surface area contributed by atoms with Gasteiger partial charge in [0.05, 0.1) is 0 Å². The topological polar surface area (TPSA) is 0 Å². The smallest absolute Gasteiger partial charge is 0.0445 e. The van der Waals surface area contributed by atoms with Gasteiger partial charge in [0.25, 0.3) is 0 Å². The van der Waals surface area contributed by atoms with Crippen LogP contribution in [0.5, 0.6) is 0 Å². The molecule has 0 saturated carbocycles. The molecule has 114 valence electrons. The van der Waals surface area contributed by atoms with Gasteiger partial charge in [-0.05, 0) is 5.92 Å². The second kappa shape index (κ2) is 22.2. The highest BCUT2D eigenvalue weighted by molar-refractivity contribution is 4.51. The Balaban J connectivity index is -0.000000507. The molecule has 0 heteroatoms. The molecule has 0 heterocycles. The summed E-state index contributed by atoms with van der Waals surface area (Å²) in [7, 11) is 0. The third-order valence-electron chi connectivity index (χ3n) is 3.25. The Morgan fingerprint density at radius 2 is 1.06 bits per heavy atom. The molecule has 0 aromatic rings. The van der Waals surface area contributed by atoms with Crippen molar-refractivity contribution < 1.29 is 0 Å². The fourth-order valence-electron chi connectivity index (χ4n) is 1.83. The van der Waals surface area contributed by atoms with Crippen molar-refractivity contribution in [3.05, 3.63) is 0 Å². The fourth-order valence-corrected chi connectivity index (χ4v) is 1.83. The summed E-state index contributed by atoms with van der Waals surface area (Å²) in [6.07, 6.45) is 15.7. The predicted molar refractivity (Wildman–Crippen MR) is 89.4 cm³/mol. The van der Waals surface area contributed by atoms with E-state index in [1.165, 1.54) is 70.6 Å². The van der Waals surface area contributed by atoms with Gasteiger partial charge in [-0.2, -0.15) is 0 Å². The standard InChI is InChI=1S/C14H30.C3H8.CH4/c1-4-6-7-8-9-10-11-12-13-14(3)5-2;1-3-2;/h14H,4-13H2,1-3H3;3H2,1-2H3;1H4. The summed E-state index contributed by atoms with van der Waals surface area (Å²) in [5.74, 6) is 0.954. The van der Waals surface area contributed by atoms with E-state index < -0.39 is 0 Å². The Kier molecular flexibility index (Phi) is 28.5. The van der Waals surface area contributed by atoms with Crippen LogP contribution >= 0.6 is 0 Å². The van der Waals surface area contributed by atoms with E-state index in [1.807, 2.05) is 0 Å². The van der Waals surface area contributed by atoms with Gasteiger partial charge in [0, 0.05) is 0 Å². The largest absolute Gasteiger partial charge is 0.0776 e. The summed E-state index contributed by atoms with van der Waals surface area (Å²) in [4.78, 5) is 0. The molecule has 0 aromatic heterocycles. The molecule has 0 aromatic carbocycles. The molecule has 0 N–H and O–H groups in total. The third kappa shape index (κ3) is 25.0. The summed E-state index contributed by atoms with van der Waals surface area (Å²) < 4.78 is 0. The molecule has 0 aliphatic rings. The van der Waals surface area contributed by atoms with Crippen molar-refractivity contribution in [2.24, 2.45) is 5.92 Å². The van der Waals surface area contributed by atoms with E-state index in [0.717, 1.165) is 5.92 Å². The molecule has 18 heavy (non-hydrogen) atoms. The molecule has 0 bridgehead atoms. The van der Waals surface area contributed by atoms with Crippen molar-refractivity contribution in [2.45, 2.75) is 113 Å². The molecule has 0 fully saturated rings. The lowest BCUT2D eigenvalue weighted by Gasteiger charge is -2.07. The second-order valence-corrected chi connectivity index (χ2v) is 5.48. The van der Waals surface area contributed by atoms with Crippen molar-refractivity contribution in [1.29, 1.82) is 0 Å². The van der Waals surface area contributed by atoms with Crippen molar-refractivity contribution in [1.82, 2.24) is 0 Å². The minimum absolute atomic E-state index is 0. The van der Waals surface area contributed by atoms with E-state index in [4.69, 9.17) is 0 Å². The summed E-state index contributed by atoms with van der Waals surface area (Å²) >= 11 is 0. The number of unbranched alkanes of at least 4 members (excludes halogenated alkanes) is 7. The van der Waals surface area contributed by atoms with E-state index in [-0.39, 0.29) is 7.43 Å². The molecule has 0 amide bonds. The predicted octanol–water partition coefficient (Wildman–Crippen LogP) is 7.62. The van der Waals surface area contributed by atoms with Gasteiger partial charge in [0.15, 0.2) is 0 Å². The maximum atomic E-state index is 2.38. The maximum Gasteiger partial charge on any atom is -0.0445 e. The van der Waals surface area contributed by atoms with E-state index in [1.54, 1.807) is 0 Å². The molecule has 0 spiro atoms. The highest BCUT2D eigenvalue weighted by atomic mass is 14.0. The van der Waals surface area contributed by atoms with E-state index >= 15 is 0 Å². The van der Waals surface area contributed by atoms with Gasteiger partial charge in [-0.15, -0.1) is 0 Å². The molecular weight excluding hydrogens is 216 g/mol. The lowest BCUT2D eigenvalue weighted by Crippen LogP contribution is -1.91. The minimum atomic E-state index is 0. The van der Waals surface area contributed by atoms with Crippen molar-refractivity contribution >= 4 is 0 Å². The fraction of sp³-hybridized carbons (Fsp3) is 1.00. The van der Waals surface area contributed by atoms with E-state index in [0.29, 0.717) is 0 Å². The van der Waals surface area contributed by atoms with E-state index in [2.05, 4.69) is 34.6 Å². The molecule has 0 radical (unpaired) electrons. The first-order valence-electron chi connectivity index (χ1n) is 8.22. The van der Waals surface area contributed by atoms with Gasteiger partial charge in [-0.3, -0.25) is 0 Å². The van der Waals surface area contributed by atoms with Crippen LogP contribution in [-0.4, -0.2) is 0 Å². The molecule has 0 nitrogen and oxygen atoms in total. The molecule has 0 rings (SSSR count). The summed E-state index contributed by atoms with van der Waals surface area (Å²) in [5.41, 5.74) is 0. The molecule has 0 saturated heterocycles. The Bertz CT molecular complexity index is 107. The molecule has 1 atom stereocenters. The van der Waals surface area contributed by atoms with Crippen LogP contribution in [0.1, 0.15) is 113 Å². The zero-order valence-corrected chi connectivity index (χ0v) is 13.4. The monoisotopic (exact) mass is 258 g/mol. The Hall–Kier alpha value is 0. The van der Waals surface area contributed by atoms with Crippen molar-refractivity contribution in [3.8, 4) is 0 Å². The lowest BCUT2D eigenvalue weighted by atomic mass is 10.00. The van der Waals surface area contributed by atoms with Crippen molar-refractivity contribution in [3.63, 3.8) is 0 Å². The normalized spacial score (nSPS) is 11.2. The van der Waals surface area contributed by atoms with Gasteiger partial charge in [-0.25, -0.2) is 0 Å². The average Bonchev–Trinajstić information content (AvgIpc) is 2.33. The number of hydrogen-bond acceptors (Lipinski definition) is 0. The summed E-state index contributed by atoms with van der Waals surface area (Å²) in [5, 5.41) is 0. The first kappa shape index (κ1) is 23.1. The van der Waals surface area contributed by atoms with Gasteiger partial charge >= 0.3 is 0 Å². The van der Waals surface area contributed by atoms with Crippen LogP contribution in [0, 0.1) is 5.92 Å². The van der Waals surface area contributed by atoms with Crippen LogP contribution < -0.4 is 0 Å². The zero-order chi connectivity index (χ0) is 13.4. The van der Waals surface area contributed by atoms with Gasteiger partial charge in [0.1, 0.15) is 0 Å². The Labute approximate surface area is 119 Å². The minimum Gasteiger partial charge on any atom is -0.0776 e. The number of hydrogen-bond donors (Lipinski definition) is 0. The molecule has 0 aliphatic carbocycles. The van der Waals surface area contributed by atoms with Crippen LogP contribution in [0.3, 0.4) is 0 Å². The maximum absolute atomic E-state index is 2.38. The average molecular weight is 259 g/mol. The Morgan fingerprint density at radius 1 is 0.667 bits per heavy atom. The highest BCUT2D eigenvalue weighted by Crippen LogP contribution is 2.14. The molecule has 0 aliphatic heterocycles. The Morgan fingerprint density at radius 3 is 1.44 bits per heavy atom. The van der Waals surface area contributed by atoms with Crippen LogP contribution in [0.4, 0.5) is 0 Å². The van der Waals surface area contributed by atoms with Crippen molar-refractivity contribution in [2.75, 3.05) is 0 Å². The number of rotatable bonds is 10. The quantitative estimate of drug-likeness (QED) is 0.354. The van der Waals surface area contributed by atoms with E-state index in [9.17, 15) is 0 Å². The zero-order valence-electron chi connectivity index (χ0n) is 13.4. The van der Waals surface area contributed by atoms with Crippen LogP contribution in [-0.2, 0) is 0 Å². The summed E-state index contributed by atoms with van der Waals surface area (Å²) in [6, 6.07) is 0. The van der Waals surface area contributed by atoms with Gasteiger partial charge < -0.3 is 0 Å². The third-order valence-corrected chi connectivity index (χ3v) is 3.25. The molecular formula is C18H42. The van der Waals surface area contributed by atoms with Gasteiger partial charge in [-0.1, -0.05) is 113 Å². The second-order valence-electron chi connectivity index (χ2n) is 5.48. The summed E-state index contributed by atoms with van der Waals surface area (Å²) in [6.45, 7) is 11.2. The molecule has 1 unspecified atom stereocenters. The lowest BCUT2D eigenvalue weighted by molar-refractivity contribution is 0.470. The van der Waals surface area contributed by atoms with Gasteiger partial charge in [0.2, 0.25) is 0 Å². The van der Waals surface area contributed by atoms with Crippen LogP contribution in [0.2, 0.25) is 0 Å². The highest BCUT2D eigenvalue weighted by Gasteiger charge is 1.97. The first-order chi connectivity index (χ1) is 8.22. The SMILES string of the molecule is C.CCC.CCCCCCCCCCC(C)CC. The van der Waals surface area contributed by atoms with Crippen LogP contribution in [0.25, 0.3) is 0 Å². The first-order valence-corrected chi connectivity index (χ1v) is 8.22. The van der Waals surface area contributed by atoms with Crippen LogP contribution in [0.15, 0.2) is 0 Å².